The van der Waals surface area contributed by atoms with E-state index in [9.17, 15) is 4.79 Å². The van der Waals surface area contributed by atoms with E-state index < -0.39 is 5.41 Å². The molecule has 0 fully saturated rings. The molecule has 5 heteroatoms. The van der Waals surface area contributed by atoms with Crippen molar-refractivity contribution in [2.45, 2.75) is 33.2 Å². The largest absolute Gasteiger partial charge is 0.302 e. The third-order valence-corrected chi connectivity index (χ3v) is 3.56. The van der Waals surface area contributed by atoms with Gasteiger partial charge in [-0.05, 0) is 33.6 Å². The quantitative estimate of drug-likeness (QED) is 0.401. The van der Waals surface area contributed by atoms with Gasteiger partial charge in [0.1, 0.15) is 0 Å². The molecule has 4 nitrogen and oxygen atoms in total. The lowest BCUT2D eigenvalue weighted by molar-refractivity contribution is -0.130. The summed E-state index contributed by atoms with van der Waals surface area (Å²) in [5.41, 5.74) is 1.78. The van der Waals surface area contributed by atoms with E-state index in [4.69, 9.17) is 5.84 Å². The number of nitrogens with two attached hydrogens (primary N) is 1. The van der Waals surface area contributed by atoms with Gasteiger partial charge in [0, 0.05) is 18.3 Å². The molecule has 0 rings (SSSR count). The summed E-state index contributed by atoms with van der Waals surface area (Å²) >= 11 is 1.84. The molecule has 0 bridgehead atoms. The van der Waals surface area contributed by atoms with Gasteiger partial charge in [0.05, 0.1) is 5.41 Å². The summed E-state index contributed by atoms with van der Waals surface area (Å²) in [6.07, 6.45) is 3.20. The minimum Gasteiger partial charge on any atom is -0.302 e. The van der Waals surface area contributed by atoms with Gasteiger partial charge in [0.2, 0.25) is 5.91 Å². The average Bonchev–Trinajstić information content (AvgIpc) is 2.23. The van der Waals surface area contributed by atoms with Crippen molar-refractivity contribution in [2.75, 3.05) is 25.6 Å². The van der Waals surface area contributed by atoms with Crippen LogP contribution in [0, 0.1) is 5.41 Å². The fourth-order valence-corrected chi connectivity index (χ4v) is 2.64. The predicted octanol–water partition coefficient (Wildman–Crippen LogP) is 1.08. The van der Waals surface area contributed by atoms with Gasteiger partial charge in [0.25, 0.3) is 0 Å². The number of hydrazine groups is 1. The average molecular weight is 247 g/mol. The lowest BCUT2D eigenvalue weighted by Gasteiger charge is -2.33. The zero-order valence-corrected chi connectivity index (χ0v) is 11.9. The van der Waals surface area contributed by atoms with Crippen LogP contribution in [0.15, 0.2) is 0 Å². The van der Waals surface area contributed by atoms with Crippen molar-refractivity contribution in [1.82, 2.24) is 10.3 Å². The molecule has 0 aliphatic rings. The second kappa shape index (κ2) is 7.14. The molecule has 0 saturated carbocycles. The first-order chi connectivity index (χ1) is 7.38. The number of nitrogens with one attached hydrogen (secondary N) is 1. The second-order valence-electron chi connectivity index (χ2n) is 4.79. The Hall–Kier alpha value is -0.260. The Morgan fingerprint density at radius 1 is 1.56 bits per heavy atom. The number of nitrogens with zero attached hydrogens (tertiary/aromatic N) is 1. The van der Waals surface area contributed by atoms with Crippen molar-refractivity contribution in [1.29, 1.82) is 0 Å². The highest BCUT2D eigenvalue weighted by atomic mass is 32.2. The van der Waals surface area contributed by atoms with Crippen molar-refractivity contribution >= 4 is 17.7 Å². The van der Waals surface area contributed by atoms with E-state index in [0.717, 1.165) is 18.7 Å². The highest BCUT2D eigenvalue weighted by Crippen LogP contribution is 2.19. The topological polar surface area (TPSA) is 58.4 Å². The van der Waals surface area contributed by atoms with Crippen LogP contribution in [0.4, 0.5) is 0 Å². The molecule has 1 unspecified atom stereocenters. The molecule has 3 N–H and O–H groups in total. The van der Waals surface area contributed by atoms with Crippen LogP contribution in [-0.2, 0) is 4.79 Å². The summed E-state index contributed by atoms with van der Waals surface area (Å²) in [6.45, 7) is 6.72. The van der Waals surface area contributed by atoms with Crippen molar-refractivity contribution < 1.29 is 4.79 Å². The first kappa shape index (κ1) is 15.7. The Bertz CT molecular complexity index is 221. The lowest BCUT2D eigenvalue weighted by Crippen LogP contribution is -2.48. The van der Waals surface area contributed by atoms with Gasteiger partial charge in [0.15, 0.2) is 0 Å². The van der Waals surface area contributed by atoms with Crippen LogP contribution in [0.25, 0.3) is 0 Å². The van der Waals surface area contributed by atoms with Crippen molar-refractivity contribution in [2.24, 2.45) is 11.3 Å². The zero-order chi connectivity index (χ0) is 12.8. The molecule has 96 valence electrons. The highest BCUT2D eigenvalue weighted by molar-refractivity contribution is 7.98. The molecular weight excluding hydrogens is 222 g/mol. The Morgan fingerprint density at radius 2 is 2.12 bits per heavy atom. The first-order valence-electron chi connectivity index (χ1n) is 5.59. The van der Waals surface area contributed by atoms with Gasteiger partial charge in [-0.2, -0.15) is 11.8 Å². The molecule has 0 aromatic carbocycles. The van der Waals surface area contributed by atoms with Crippen LogP contribution in [0.5, 0.6) is 0 Å². The summed E-state index contributed by atoms with van der Waals surface area (Å²) in [5.74, 6) is 6.16. The molecule has 0 aromatic heterocycles. The predicted molar refractivity (Wildman–Crippen MR) is 71.2 cm³/mol. The van der Waals surface area contributed by atoms with Crippen LogP contribution in [0.3, 0.4) is 0 Å². The maximum absolute atomic E-state index is 11.6. The molecule has 0 aromatic rings. The second-order valence-corrected chi connectivity index (χ2v) is 5.70. The number of hydrogen-bond donors (Lipinski definition) is 2. The number of thioether (sulfide) groups is 1. The van der Waals surface area contributed by atoms with E-state index in [2.05, 4.69) is 30.6 Å². The molecule has 0 aliphatic heterocycles. The smallest absolute Gasteiger partial charge is 0.240 e. The van der Waals surface area contributed by atoms with Gasteiger partial charge >= 0.3 is 0 Å². The van der Waals surface area contributed by atoms with E-state index in [-0.39, 0.29) is 5.91 Å². The summed E-state index contributed by atoms with van der Waals surface area (Å²) in [5, 5.41) is 0. The highest BCUT2D eigenvalue weighted by Gasteiger charge is 2.30. The first-order valence-corrected chi connectivity index (χ1v) is 6.98. The maximum Gasteiger partial charge on any atom is 0.240 e. The molecule has 1 atom stereocenters. The van der Waals surface area contributed by atoms with E-state index in [1.54, 1.807) is 0 Å². The third-order valence-electron chi connectivity index (χ3n) is 2.84. The Kier molecular flexibility index (Phi) is 7.03. The molecule has 0 spiro atoms. The van der Waals surface area contributed by atoms with E-state index in [1.165, 1.54) is 0 Å². The maximum atomic E-state index is 11.6. The summed E-state index contributed by atoms with van der Waals surface area (Å²) in [7, 11) is 2.07. The number of hydrogen-bond acceptors (Lipinski definition) is 4. The van der Waals surface area contributed by atoms with Crippen molar-refractivity contribution in [3.05, 3.63) is 0 Å². The van der Waals surface area contributed by atoms with Crippen LogP contribution in [0.2, 0.25) is 0 Å². The lowest BCUT2D eigenvalue weighted by atomic mass is 9.91. The minimum absolute atomic E-state index is 0.113. The molecule has 0 aliphatic carbocycles. The van der Waals surface area contributed by atoms with Gasteiger partial charge in [-0.25, -0.2) is 5.84 Å². The van der Waals surface area contributed by atoms with E-state index in [0.29, 0.717) is 6.04 Å². The molecule has 0 radical (unpaired) electrons. The Balaban J connectivity index is 4.40. The Labute approximate surface area is 103 Å². The number of carbonyl (C=O) groups excluding carboxylic acids is 1. The van der Waals surface area contributed by atoms with Crippen LogP contribution in [-0.4, -0.2) is 42.4 Å². The SMILES string of the molecule is CCC(CSC)N(C)CC(C)(C)C(=O)NN. The van der Waals surface area contributed by atoms with Crippen LogP contribution in [0.1, 0.15) is 27.2 Å². The summed E-state index contributed by atoms with van der Waals surface area (Å²) in [6, 6.07) is 0.514. The van der Waals surface area contributed by atoms with Gasteiger partial charge in [-0.3, -0.25) is 10.2 Å². The molecular formula is C11H25N3OS. The third kappa shape index (κ3) is 4.72. The van der Waals surface area contributed by atoms with Crippen LogP contribution < -0.4 is 11.3 Å². The summed E-state index contributed by atoms with van der Waals surface area (Å²) < 4.78 is 0. The zero-order valence-electron chi connectivity index (χ0n) is 11.0. The molecule has 16 heavy (non-hydrogen) atoms. The molecule has 1 amide bonds. The number of amides is 1. The summed E-state index contributed by atoms with van der Waals surface area (Å²) in [4.78, 5) is 13.8. The van der Waals surface area contributed by atoms with Crippen LogP contribution >= 0.6 is 11.8 Å². The van der Waals surface area contributed by atoms with Gasteiger partial charge < -0.3 is 4.90 Å². The Morgan fingerprint density at radius 3 is 2.50 bits per heavy atom. The number of carbonyl (C=O) groups is 1. The van der Waals surface area contributed by atoms with Gasteiger partial charge in [-0.1, -0.05) is 6.92 Å². The van der Waals surface area contributed by atoms with Crippen molar-refractivity contribution in [3.8, 4) is 0 Å². The monoisotopic (exact) mass is 247 g/mol. The molecule has 0 saturated heterocycles. The van der Waals surface area contributed by atoms with Gasteiger partial charge in [-0.15, -0.1) is 0 Å². The van der Waals surface area contributed by atoms with Crippen molar-refractivity contribution in [3.63, 3.8) is 0 Å². The van der Waals surface area contributed by atoms with E-state index in [1.807, 2.05) is 25.6 Å². The molecule has 0 heterocycles. The van der Waals surface area contributed by atoms with E-state index >= 15 is 0 Å². The standard InChI is InChI=1S/C11H25N3OS/c1-6-9(7-16-5)14(4)8-11(2,3)10(15)13-12/h9H,6-8,12H2,1-5H3,(H,13,15). The normalized spacial score (nSPS) is 13.9. The fraction of sp³-hybridized carbons (Fsp3) is 0.909. The number of rotatable bonds is 7. The fourth-order valence-electron chi connectivity index (χ4n) is 1.77. The minimum atomic E-state index is -0.449.